The molecule has 116 valence electrons. The van der Waals surface area contributed by atoms with Crippen LogP contribution in [0.15, 0.2) is 60.7 Å². The third-order valence-electron chi connectivity index (χ3n) is 3.63. The molecule has 4 heteroatoms. The van der Waals surface area contributed by atoms with Crippen molar-refractivity contribution in [2.75, 3.05) is 7.11 Å². The highest BCUT2D eigenvalue weighted by molar-refractivity contribution is 6.03. The van der Waals surface area contributed by atoms with Gasteiger partial charge in [0.1, 0.15) is 23.7 Å². The minimum absolute atomic E-state index is 0.0436. The number of hydrogen-bond donors (Lipinski definition) is 1. The first-order chi connectivity index (χ1) is 11.2. The summed E-state index contributed by atoms with van der Waals surface area (Å²) >= 11 is 0. The zero-order valence-corrected chi connectivity index (χ0v) is 12.7. The summed E-state index contributed by atoms with van der Waals surface area (Å²) in [7, 11) is 1.46. The van der Waals surface area contributed by atoms with Gasteiger partial charge in [0.05, 0.1) is 7.11 Å². The molecule has 0 heterocycles. The molecule has 0 atom stereocenters. The van der Waals surface area contributed by atoms with Gasteiger partial charge in [0, 0.05) is 5.39 Å². The van der Waals surface area contributed by atoms with Crippen molar-refractivity contribution in [2.24, 2.45) is 0 Å². The number of methoxy groups -OCH3 is 1. The molecule has 0 aliphatic heterocycles. The molecule has 0 aromatic heterocycles. The largest absolute Gasteiger partial charge is 0.496 e. The summed E-state index contributed by atoms with van der Waals surface area (Å²) in [6.07, 6.45) is 0. The van der Waals surface area contributed by atoms with E-state index in [0.717, 1.165) is 16.3 Å². The minimum atomic E-state index is -1.07. The maximum absolute atomic E-state index is 11.7. The SMILES string of the molecule is COc1cc2ccccc2c(OCc2ccccc2)c1C(=O)O. The van der Waals surface area contributed by atoms with Gasteiger partial charge in [0.15, 0.2) is 0 Å². The van der Waals surface area contributed by atoms with Crippen LogP contribution in [0.25, 0.3) is 10.8 Å². The molecule has 3 rings (SSSR count). The second-order valence-electron chi connectivity index (χ2n) is 5.08. The van der Waals surface area contributed by atoms with Crippen LogP contribution in [0.4, 0.5) is 0 Å². The molecule has 0 radical (unpaired) electrons. The summed E-state index contributed by atoms with van der Waals surface area (Å²) < 4.78 is 11.1. The van der Waals surface area contributed by atoms with E-state index in [-0.39, 0.29) is 12.2 Å². The highest BCUT2D eigenvalue weighted by Gasteiger charge is 2.21. The number of hydrogen-bond acceptors (Lipinski definition) is 3. The lowest BCUT2D eigenvalue weighted by atomic mass is 10.0. The van der Waals surface area contributed by atoms with E-state index in [2.05, 4.69) is 0 Å². The van der Waals surface area contributed by atoms with Crippen molar-refractivity contribution in [3.05, 3.63) is 71.8 Å². The van der Waals surface area contributed by atoms with E-state index in [4.69, 9.17) is 9.47 Å². The predicted octanol–water partition coefficient (Wildman–Crippen LogP) is 4.13. The highest BCUT2D eigenvalue weighted by Crippen LogP contribution is 2.37. The van der Waals surface area contributed by atoms with Crippen LogP contribution in [-0.4, -0.2) is 18.2 Å². The average molecular weight is 308 g/mol. The topological polar surface area (TPSA) is 55.8 Å². The summed E-state index contributed by atoms with van der Waals surface area (Å²) in [4.78, 5) is 11.7. The number of carbonyl (C=O) groups is 1. The van der Waals surface area contributed by atoms with Crippen molar-refractivity contribution in [2.45, 2.75) is 6.61 Å². The number of benzene rings is 3. The molecular weight excluding hydrogens is 292 g/mol. The van der Waals surface area contributed by atoms with Crippen molar-refractivity contribution in [1.29, 1.82) is 0 Å². The number of fused-ring (bicyclic) bond motifs is 1. The maximum Gasteiger partial charge on any atom is 0.343 e. The van der Waals surface area contributed by atoms with Gasteiger partial charge in [0.25, 0.3) is 0 Å². The Labute approximate surface area is 133 Å². The molecule has 3 aromatic carbocycles. The van der Waals surface area contributed by atoms with E-state index in [9.17, 15) is 9.90 Å². The summed E-state index contributed by atoms with van der Waals surface area (Å²) in [5, 5.41) is 11.2. The summed E-state index contributed by atoms with van der Waals surface area (Å²) in [6, 6.07) is 18.8. The van der Waals surface area contributed by atoms with E-state index in [1.54, 1.807) is 6.07 Å². The molecule has 0 unspecified atom stereocenters. The molecule has 0 aliphatic rings. The normalized spacial score (nSPS) is 10.5. The number of aromatic carboxylic acids is 1. The van der Waals surface area contributed by atoms with Gasteiger partial charge >= 0.3 is 5.97 Å². The lowest BCUT2D eigenvalue weighted by Gasteiger charge is -2.15. The monoisotopic (exact) mass is 308 g/mol. The molecule has 0 aliphatic carbocycles. The number of ether oxygens (including phenoxy) is 2. The van der Waals surface area contributed by atoms with Crippen LogP contribution in [0.1, 0.15) is 15.9 Å². The number of rotatable bonds is 5. The van der Waals surface area contributed by atoms with Gasteiger partial charge in [-0.15, -0.1) is 0 Å². The number of carboxylic acid groups (broad SMARTS) is 1. The number of carboxylic acids is 1. The van der Waals surface area contributed by atoms with Gasteiger partial charge in [-0.25, -0.2) is 4.79 Å². The van der Waals surface area contributed by atoms with Crippen molar-refractivity contribution in [3.8, 4) is 11.5 Å². The van der Waals surface area contributed by atoms with Gasteiger partial charge < -0.3 is 14.6 Å². The predicted molar refractivity (Wildman–Crippen MR) is 88.2 cm³/mol. The van der Waals surface area contributed by atoms with Crippen molar-refractivity contribution in [1.82, 2.24) is 0 Å². The van der Waals surface area contributed by atoms with E-state index in [0.29, 0.717) is 11.5 Å². The molecule has 0 saturated heterocycles. The molecule has 0 bridgehead atoms. The third-order valence-corrected chi connectivity index (χ3v) is 3.63. The van der Waals surface area contributed by atoms with Gasteiger partial charge in [-0.2, -0.15) is 0 Å². The highest BCUT2D eigenvalue weighted by atomic mass is 16.5. The van der Waals surface area contributed by atoms with Gasteiger partial charge in [-0.1, -0.05) is 54.6 Å². The molecule has 23 heavy (non-hydrogen) atoms. The minimum Gasteiger partial charge on any atom is -0.496 e. The Morgan fingerprint density at radius 2 is 1.74 bits per heavy atom. The molecule has 1 N–H and O–H groups in total. The van der Waals surface area contributed by atoms with Crippen LogP contribution < -0.4 is 9.47 Å². The van der Waals surface area contributed by atoms with Crippen molar-refractivity contribution in [3.63, 3.8) is 0 Å². The van der Waals surface area contributed by atoms with Crippen LogP contribution >= 0.6 is 0 Å². The van der Waals surface area contributed by atoms with Crippen LogP contribution in [0.2, 0.25) is 0 Å². The smallest absolute Gasteiger partial charge is 0.343 e. The fourth-order valence-electron chi connectivity index (χ4n) is 2.53. The first-order valence-electron chi connectivity index (χ1n) is 7.20. The second kappa shape index (κ2) is 6.40. The molecule has 3 aromatic rings. The van der Waals surface area contributed by atoms with Crippen LogP contribution in [0, 0.1) is 0 Å². The van der Waals surface area contributed by atoms with Crippen molar-refractivity contribution >= 4 is 16.7 Å². The Morgan fingerprint density at radius 3 is 2.43 bits per heavy atom. The molecule has 0 fully saturated rings. The van der Waals surface area contributed by atoms with E-state index in [1.807, 2.05) is 54.6 Å². The summed E-state index contributed by atoms with van der Waals surface area (Å²) in [5.74, 6) is -0.453. The van der Waals surface area contributed by atoms with Crippen molar-refractivity contribution < 1.29 is 19.4 Å². The van der Waals surface area contributed by atoms with E-state index in [1.165, 1.54) is 7.11 Å². The Morgan fingerprint density at radius 1 is 1.04 bits per heavy atom. The Kier molecular flexibility index (Phi) is 4.15. The zero-order chi connectivity index (χ0) is 16.2. The average Bonchev–Trinajstić information content (AvgIpc) is 2.59. The third kappa shape index (κ3) is 2.97. The first-order valence-corrected chi connectivity index (χ1v) is 7.20. The fourth-order valence-corrected chi connectivity index (χ4v) is 2.53. The van der Waals surface area contributed by atoms with Gasteiger partial charge in [-0.05, 0) is 17.0 Å². The molecule has 0 spiro atoms. The zero-order valence-electron chi connectivity index (χ0n) is 12.7. The fraction of sp³-hybridized carbons (Fsp3) is 0.105. The van der Waals surface area contributed by atoms with E-state index < -0.39 is 5.97 Å². The molecule has 4 nitrogen and oxygen atoms in total. The summed E-state index contributed by atoms with van der Waals surface area (Å²) in [5.41, 5.74) is 1.01. The van der Waals surface area contributed by atoms with Crippen LogP contribution in [0.3, 0.4) is 0 Å². The Hall–Kier alpha value is -3.01. The lowest BCUT2D eigenvalue weighted by Crippen LogP contribution is -2.06. The van der Waals surface area contributed by atoms with Crippen LogP contribution in [-0.2, 0) is 6.61 Å². The van der Waals surface area contributed by atoms with E-state index >= 15 is 0 Å². The second-order valence-corrected chi connectivity index (χ2v) is 5.08. The summed E-state index contributed by atoms with van der Waals surface area (Å²) in [6.45, 7) is 0.290. The Bertz CT molecular complexity index is 841. The molecule has 0 saturated carbocycles. The standard InChI is InChI=1S/C19H16O4/c1-22-16-11-14-9-5-6-10-15(14)18(17(16)19(20)21)23-12-13-7-3-2-4-8-13/h2-11H,12H2,1H3,(H,20,21). The quantitative estimate of drug-likeness (QED) is 0.770. The maximum atomic E-state index is 11.7. The Balaban J connectivity index is 2.11. The molecule has 0 amide bonds. The van der Waals surface area contributed by atoms with Crippen LogP contribution in [0.5, 0.6) is 11.5 Å². The van der Waals surface area contributed by atoms with Gasteiger partial charge in [-0.3, -0.25) is 0 Å². The lowest BCUT2D eigenvalue weighted by molar-refractivity contribution is 0.0688. The first kappa shape index (κ1) is 14.9. The van der Waals surface area contributed by atoms with Gasteiger partial charge in [0.2, 0.25) is 0 Å². The molecular formula is C19H16O4.